The molecule has 6 nitrogen and oxygen atoms in total. The topological polar surface area (TPSA) is 66.0 Å². The third-order valence-corrected chi connectivity index (χ3v) is 4.55. The van der Waals surface area contributed by atoms with Gasteiger partial charge in [0, 0.05) is 37.4 Å². The first kappa shape index (κ1) is 15.9. The van der Waals surface area contributed by atoms with Gasteiger partial charge in [0.2, 0.25) is 0 Å². The van der Waals surface area contributed by atoms with Gasteiger partial charge in [0.15, 0.2) is 5.69 Å². The third-order valence-electron chi connectivity index (χ3n) is 4.55. The van der Waals surface area contributed by atoms with Gasteiger partial charge in [-0.05, 0) is 43.0 Å². The van der Waals surface area contributed by atoms with Gasteiger partial charge in [0.05, 0.1) is 12.2 Å². The van der Waals surface area contributed by atoms with E-state index >= 15 is 0 Å². The number of amides is 1. The van der Waals surface area contributed by atoms with Crippen molar-refractivity contribution in [2.75, 3.05) is 6.54 Å². The van der Waals surface area contributed by atoms with Gasteiger partial charge in [-0.25, -0.2) is 0 Å². The van der Waals surface area contributed by atoms with Crippen LogP contribution in [0.3, 0.4) is 0 Å². The van der Waals surface area contributed by atoms with Gasteiger partial charge in [-0.1, -0.05) is 12.1 Å². The van der Waals surface area contributed by atoms with Crippen molar-refractivity contribution in [1.29, 1.82) is 0 Å². The Morgan fingerprint density at radius 3 is 3.00 bits per heavy atom. The highest BCUT2D eigenvalue weighted by Crippen LogP contribution is 2.19. The molecule has 0 saturated heterocycles. The largest absolute Gasteiger partial charge is 0.361 e. The zero-order chi connectivity index (χ0) is 17.4. The smallest absolute Gasteiger partial charge is 0.271 e. The Labute approximate surface area is 146 Å². The van der Waals surface area contributed by atoms with Crippen molar-refractivity contribution in [3.8, 4) is 0 Å². The Morgan fingerprint density at radius 1 is 1.28 bits per heavy atom. The van der Waals surface area contributed by atoms with Crippen LogP contribution in [0.1, 0.15) is 35.6 Å². The molecule has 3 heterocycles. The number of aromatic nitrogens is 3. The minimum Gasteiger partial charge on any atom is -0.361 e. The number of carbonyl (C=O) groups excluding carboxylic acids is 1. The van der Waals surface area contributed by atoms with E-state index in [-0.39, 0.29) is 11.9 Å². The van der Waals surface area contributed by atoms with E-state index in [1.54, 1.807) is 0 Å². The second-order valence-electron chi connectivity index (χ2n) is 6.98. The number of aromatic amines is 1. The first-order chi connectivity index (χ1) is 12.1. The molecule has 4 rings (SSSR count). The molecular weight excluding hydrogens is 314 g/mol. The molecule has 0 aliphatic carbocycles. The Hall–Kier alpha value is -2.60. The van der Waals surface area contributed by atoms with Crippen LogP contribution in [0.15, 0.2) is 36.5 Å². The lowest BCUT2D eigenvalue weighted by Crippen LogP contribution is -2.33. The summed E-state index contributed by atoms with van der Waals surface area (Å²) in [5.41, 5.74) is 4.08. The molecule has 0 saturated carbocycles. The number of hydrogen-bond donors (Lipinski definition) is 2. The van der Waals surface area contributed by atoms with Crippen molar-refractivity contribution >= 4 is 16.8 Å². The van der Waals surface area contributed by atoms with Gasteiger partial charge in [-0.2, -0.15) is 5.10 Å². The van der Waals surface area contributed by atoms with Gasteiger partial charge in [-0.3, -0.25) is 14.4 Å². The molecule has 0 radical (unpaired) electrons. The van der Waals surface area contributed by atoms with Crippen LogP contribution in [0.25, 0.3) is 10.9 Å². The first-order valence-electron chi connectivity index (χ1n) is 8.74. The van der Waals surface area contributed by atoms with E-state index in [0.717, 1.165) is 31.9 Å². The minimum atomic E-state index is -0.0966. The molecule has 0 unspecified atom stereocenters. The quantitative estimate of drug-likeness (QED) is 0.769. The summed E-state index contributed by atoms with van der Waals surface area (Å²) in [7, 11) is 0. The standard InChI is InChI=1S/C19H23N5O/c1-13(2)21-19(25)18-10-16-12-23(7-8-24(16)22-18)11-14-3-4-15-5-6-20-17(15)9-14/h3-6,9-10,13,20H,7-8,11-12H2,1-2H3,(H,21,25). The van der Waals surface area contributed by atoms with Gasteiger partial charge >= 0.3 is 0 Å². The number of nitrogens with zero attached hydrogens (tertiary/aromatic N) is 3. The maximum Gasteiger partial charge on any atom is 0.271 e. The molecule has 130 valence electrons. The van der Waals surface area contributed by atoms with Crippen molar-refractivity contribution in [3.05, 3.63) is 53.5 Å². The number of rotatable bonds is 4. The second-order valence-corrected chi connectivity index (χ2v) is 6.98. The van der Waals surface area contributed by atoms with E-state index < -0.39 is 0 Å². The molecule has 2 N–H and O–H groups in total. The van der Waals surface area contributed by atoms with Crippen LogP contribution in [-0.2, 0) is 19.6 Å². The molecule has 1 aromatic carbocycles. The van der Waals surface area contributed by atoms with Gasteiger partial charge in [-0.15, -0.1) is 0 Å². The summed E-state index contributed by atoms with van der Waals surface area (Å²) in [4.78, 5) is 17.8. The Kier molecular flexibility index (Phi) is 4.05. The number of nitrogens with one attached hydrogen (secondary N) is 2. The maximum absolute atomic E-state index is 12.1. The number of hydrogen-bond acceptors (Lipinski definition) is 3. The summed E-state index contributed by atoms with van der Waals surface area (Å²) in [5.74, 6) is -0.0966. The Bertz CT molecular complexity index is 908. The van der Waals surface area contributed by atoms with Crippen LogP contribution in [0.2, 0.25) is 0 Å². The van der Waals surface area contributed by atoms with Crippen LogP contribution in [0, 0.1) is 0 Å². The highest BCUT2D eigenvalue weighted by atomic mass is 16.2. The molecule has 1 amide bonds. The molecule has 0 fully saturated rings. The van der Waals surface area contributed by atoms with E-state index in [9.17, 15) is 4.79 Å². The average Bonchev–Trinajstić information content (AvgIpc) is 3.19. The summed E-state index contributed by atoms with van der Waals surface area (Å²) in [6.45, 7) is 7.36. The Morgan fingerprint density at radius 2 is 2.16 bits per heavy atom. The minimum absolute atomic E-state index is 0.0966. The lowest BCUT2D eigenvalue weighted by Gasteiger charge is -2.27. The fourth-order valence-corrected chi connectivity index (χ4v) is 3.35. The molecule has 0 spiro atoms. The van der Waals surface area contributed by atoms with Crippen molar-refractivity contribution in [2.45, 2.75) is 39.5 Å². The zero-order valence-corrected chi connectivity index (χ0v) is 14.6. The van der Waals surface area contributed by atoms with Crippen LogP contribution < -0.4 is 5.32 Å². The van der Waals surface area contributed by atoms with Crippen LogP contribution in [0.4, 0.5) is 0 Å². The highest BCUT2D eigenvalue weighted by Gasteiger charge is 2.21. The second kappa shape index (κ2) is 6.37. The van der Waals surface area contributed by atoms with Crippen molar-refractivity contribution in [1.82, 2.24) is 25.0 Å². The fourth-order valence-electron chi connectivity index (χ4n) is 3.35. The Balaban J connectivity index is 1.47. The summed E-state index contributed by atoms with van der Waals surface area (Å²) in [6, 6.07) is 10.7. The SMILES string of the molecule is CC(C)NC(=O)c1cc2n(n1)CCN(Cc1ccc3cc[nH]c3c1)C2. The molecule has 6 heteroatoms. The molecule has 0 atom stereocenters. The molecule has 0 bridgehead atoms. The van der Waals surface area contributed by atoms with Crippen molar-refractivity contribution in [2.24, 2.45) is 0 Å². The lowest BCUT2D eigenvalue weighted by molar-refractivity contribution is 0.0937. The van der Waals surface area contributed by atoms with Crippen LogP contribution in [0.5, 0.6) is 0 Å². The fraction of sp³-hybridized carbons (Fsp3) is 0.368. The number of carbonyl (C=O) groups is 1. The summed E-state index contributed by atoms with van der Waals surface area (Å²) in [5, 5.41) is 8.59. The molecule has 25 heavy (non-hydrogen) atoms. The maximum atomic E-state index is 12.1. The molecule has 1 aliphatic heterocycles. The predicted octanol–water partition coefficient (Wildman–Crippen LogP) is 2.52. The predicted molar refractivity (Wildman–Crippen MR) is 97.2 cm³/mol. The summed E-state index contributed by atoms with van der Waals surface area (Å²) < 4.78 is 1.96. The van der Waals surface area contributed by atoms with E-state index in [4.69, 9.17) is 0 Å². The number of H-pyrrole nitrogens is 1. The van der Waals surface area contributed by atoms with Gasteiger partial charge in [0.25, 0.3) is 5.91 Å². The van der Waals surface area contributed by atoms with Crippen LogP contribution >= 0.6 is 0 Å². The number of benzene rings is 1. The van der Waals surface area contributed by atoms with E-state index in [1.807, 2.05) is 30.8 Å². The normalized spacial score (nSPS) is 14.8. The lowest BCUT2D eigenvalue weighted by atomic mass is 10.1. The first-order valence-corrected chi connectivity index (χ1v) is 8.74. The molecule has 1 aliphatic rings. The highest BCUT2D eigenvalue weighted by molar-refractivity contribution is 5.92. The third kappa shape index (κ3) is 3.30. The summed E-state index contributed by atoms with van der Waals surface area (Å²) >= 11 is 0. The van der Waals surface area contributed by atoms with E-state index in [1.165, 1.54) is 16.5 Å². The molecular formula is C19H23N5O. The van der Waals surface area contributed by atoms with Crippen molar-refractivity contribution in [3.63, 3.8) is 0 Å². The van der Waals surface area contributed by atoms with Gasteiger partial charge < -0.3 is 10.3 Å². The van der Waals surface area contributed by atoms with E-state index in [0.29, 0.717) is 5.69 Å². The molecule has 3 aromatic rings. The monoisotopic (exact) mass is 337 g/mol. The molecule has 2 aromatic heterocycles. The van der Waals surface area contributed by atoms with Crippen LogP contribution in [-0.4, -0.2) is 38.2 Å². The average molecular weight is 337 g/mol. The van der Waals surface area contributed by atoms with Gasteiger partial charge in [0.1, 0.15) is 0 Å². The number of fused-ring (bicyclic) bond motifs is 2. The van der Waals surface area contributed by atoms with Crippen molar-refractivity contribution < 1.29 is 4.79 Å². The zero-order valence-electron chi connectivity index (χ0n) is 14.6. The van der Waals surface area contributed by atoms with E-state index in [2.05, 4.69) is 44.6 Å². The summed E-state index contributed by atoms with van der Waals surface area (Å²) in [6.07, 6.45) is 1.97.